The van der Waals surface area contributed by atoms with Gasteiger partial charge in [0.1, 0.15) is 0 Å². The van der Waals surface area contributed by atoms with Crippen LogP contribution in [0.5, 0.6) is 0 Å². The van der Waals surface area contributed by atoms with Gasteiger partial charge in [0, 0.05) is 63.2 Å². The number of hydrogen-bond donors (Lipinski definition) is 1. The summed E-state index contributed by atoms with van der Waals surface area (Å²) < 4.78 is 40.0. The summed E-state index contributed by atoms with van der Waals surface area (Å²) in [6, 6.07) is 1.85. The molecule has 0 aromatic carbocycles. The van der Waals surface area contributed by atoms with Crippen molar-refractivity contribution in [3.63, 3.8) is 0 Å². The van der Waals surface area contributed by atoms with E-state index in [1.165, 1.54) is 4.31 Å². The fourth-order valence-corrected chi connectivity index (χ4v) is 5.24. The van der Waals surface area contributed by atoms with Crippen molar-refractivity contribution in [2.75, 3.05) is 57.5 Å². The minimum Gasteiger partial charge on any atom is -0.381 e. The zero-order chi connectivity index (χ0) is 18.7. The van der Waals surface area contributed by atoms with Crippen LogP contribution in [0.15, 0.2) is 12.3 Å². The van der Waals surface area contributed by atoms with Gasteiger partial charge in [-0.15, -0.1) is 0 Å². The molecule has 4 rings (SSSR count). The van der Waals surface area contributed by atoms with Gasteiger partial charge in [0.2, 0.25) is 5.95 Å². The summed E-state index contributed by atoms with van der Waals surface area (Å²) in [5.74, 6) is 1.10. The monoisotopic (exact) mass is 397 g/mol. The zero-order valence-electron chi connectivity index (χ0n) is 15.4. The van der Waals surface area contributed by atoms with Gasteiger partial charge >= 0.3 is 0 Å². The Morgan fingerprint density at radius 2 is 1.78 bits per heavy atom. The highest BCUT2D eigenvalue weighted by atomic mass is 32.2. The second kappa shape index (κ2) is 8.36. The second-order valence-electron chi connectivity index (χ2n) is 7.23. The van der Waals surface area contributed by atoms with E-state index in [0.717, 1.165) is 44.7 Å². The summed E-state index contributed by atoms with van der Waals surface area (Å²) in [5, 5.41) is 0. The highest BCUT2D eigenvalue weighted by Gasteiger charge is 2.32. The van der Waals surface area contributed by atoms with Crippen LogP contribution in [-0.4, -0.2) is 81.3 Å². The molecular weight excluding hydrogens is 370 g/mol. The molecule has 0 radical (unpaired) electrons. The summed E-state index contributed by atoms with van der Waals surface area (Å²) >= 11 is 0. The Morgan fingerprint density at radius 3 is 2.56 bits per heavy atom. The van der Waals surface area contributed by atoms with Crippen LogP contribution in [-0.2, 0) is 19.7 Å². The van der Waals surface area contributed by atoms with Crippen molar-refractivity contribution in [1.29, 1.82) is 0 Å². The number of aromatic nitrogens is 2. The van der Waals surface area contributed by atoms with E-state index < -0.39 is 10.2 Å². The fourth-order valence-electron chi connectivity index (χ4n) is 3.85. The maximum absolute atomic E-state index is 12.5. The molecule has 3 aliphatic heterocycles. The number of nitrogens with zero attached hydrogens (tertiary/aromatic N) is 4. The first kappa shape index (κ1) is 19.0. The summed E-state index contributed by atoms with van der Waals surface area (Å²) in [6.45, 7) is 4.59. The van der Waals surface area contributed by atoms with Crippen molar-refractivity contribution in [2.24, 2.45) is 0 Å². The predicted octanol–water partition coefficient (Wildman–Crippen LogP) is 0.116. The maximum atomic E-state index is 12.5. The van der Waals surface area contributed by atoms with E-state index in [-0.39, 0.29) is 6.04 Å². The van der Waals surface area contributed by atoms with E-state index in [1.54, 1.807) is 6.20 Å². The first-order chi connectivity index (χ1) is 13.1. The quantitative estimate of drug-likeness (QED) is 0.753. The Kier molecular flexibility index (Phi) is 5.88. The summed E-state index contributed by atoms with van der Waals surface area (Å²) in [4.78, 5) is 11.2. The molecule has 150 valence electrons. The Bertz CT molecular complexity index is 735. The van der Waals surface area contributed by atoms with Crippen LogP contribution >= 0.6 is 0 Å². The number of anilines is 1. The lowest BCUT2D eigenvalue weighted by molar-refractivity contribution is 0.0723. The molecule has 0 aliphatic carbocycles. The van der Waals surface area contributed by atoms with Crippen LogP contribution in [0.2, 0.25) is 0 Å². The molecule has 1 atom stereocenters. The molecule has 3 aliphatic rings. The summed E-state index contributed by atoms with van der Waals surface area (Å²) in [5.41, 5.74) is 1.06. The highest BCUT2D eigenvalue weighted by Crippen LogP contribution is 2.27. The van der Waals surface area contributed by atoms with Gasteiger partial charge < -0.3 is 14.4 Å². The molecule has 1 N–H and O–H groups in total. The third kappa shape index (κ3) is 4.57. The van der Waals surface area contributed by atoms with Gasteiger partial charge in [-0.3, -0.25) is 0 Å². The van der Waals surface area contributed by atoms with Crippen molar-refractivity contribution in [2.45, 2.75) is 31.2 Å². The molecule has 0 spiro atoms. The van der Waals surface area contributed by atoms with Crippen molar-refractivity contribution in [1.82, 2.24) is 19.0 Å². The van der Waals surface area contributed by atoms with Gasteiger partial charge in [-0.05, 0) is 25.3 Å². The zero-order valence-corrected chi connectivity index (χ0v) is 16.2. The van der Waals surface area contributed by atoms with E-state index in [1.807, 2.05) is 6.07 Å². The van der Waals surface area contributed by atoms with E-state index in [4.69, 9.17) is 14.5 Å². The lowest BCUT2D eigenvalue weighted by atomic mass is 9.96. The predicted molar refractivity (Wildman–Crippen MR) is 99.9 cm³/mol. The topological polar surface area (TPSA) is 96.9 Å². The van der Waals surface area contributed by atoms with Gasteiger partial charge in [0.25, 0.3) is 10.2 Å². The first-order valence-electron chi connectivity index (χ1n) is 9.62. The van der Waals surface area contributed by atoms with Crippen LogP contribution in [0.1, 0.15) is 30.9 Å². The van der Waals surface area contributed by atoms with Gasteiger partial charge in [0.15, 0.2) is 0 Å². The maximum Gasteiger partial charge on any atom is 0.279 e. The largest absolute Gasteiger partial charge is 0.381 e. The van der Waals surface area contributed by atoms with Gasteiger partial charge in [0.05, 0.1) is 13.2 Å². The van der Waals surface area contributed by atoms with Crippen LogP contribution in [0, 0.1) is 0 Å². The van der Waals surface area contributed by atoms with Crippen LogP contribution in [0.3, 0.4) is 0 Å². The molecule has 0 saturated carbocycles. The number of rotatable bonds is 5. The summed E-state index contributed by atoms with van der Waals surface area (Å²) in [6.07, 6.45) is 4.52. The lowest BCUT2D eigenvalue weighted by Crippen LogP contribution is -2.50. The standard InChI is InChI=1S/C17H27N5O4S/c23-27(24,22-7-11-26-12-8-22)20-15-2-6-21(13-15)17-18-5-1-16(19-17)14-3-9-25-10-4-14/h1,5,14-15,20H,2-4,6-13H2. The molecule has 1 aromatic rings. The van der Waals surface area contributed by atoms with Gasteiger partial charge in [-0.1, -0.05) is 0 Å². The van der Waals surface area contributed by atoms with Crippen molar-refractivity contribution >= 4 is 16.2 Å². The normalized spacial score (nSPS) is 25.8. The average molecular weight is 398 g/mol. The molecule has 9 nitrogen and oxygen atoms in total. The average Bonchev–Trinajstić information content (AvgIpc) is 3.17. The SMILES string of the molecule is O=S(=O)(NC1CCN(c2nccc(C3CCOCC3)n2)C1)N1CCOCC1. The molecular formula is C17H27N5O4S. The fraction of sp³-hybridized carbons (Fsp3) is 0.765. The lowest BCUT2D eigenvalue weighted by Gasteiger charge is -2.27. The molecule has 4 heterocycles. The van der Waals surface area contributed by atoms with Crippen LogP contribution in [0.4, 0.5) is 5.95 Å². The first-order valence-corrected chi connectivity index (χ1v) is 11.1. The Hall–Kier alpha value is -1.33. The number of morpholine rings is 1. The van der Waals surface area contributed by atoms with E-state index in [0.29, 0.717) is 44.7 Å². The Labute approximate surface area is 160 Å². The molecule has 1 aromatic heterocycles. The molecule has 3 saturated heterocycles. The third-order valence-corrected chi connectivity index (χ3v) is 7.08. The van der Waals surface area contributed by atoms with Crippen LogP contribution < -0.4 is 9.62 Å². The van der Waals surface area contributed by atoms with Crippen molar-refractivity contribution in [3.8, 4) is 0 Å². The Balaban J connectivity index is 1.38. The van der Waals surface area contributed by atoms with Crippen molar-refractivity contribution < 1.29 is 17.9 Å². The number of nitrogens with one attached hydrogen (secondary N) is 1. The molecule has 10 heteroatoms. The van der Waals surface area contributed by atoms with Gasteiger partial charge in [-0.25, -0.2) is 9.97 Å². The Morgan fingerprint density at radius 1 is 1.04 bits per heavy atom. The van der Waals surface area contributed by atoms with E-state index in [2.05, 4.69) is 14.6 Å². The third-order valence-electron chi connectivity index (χ3n) is 5.40. The smallest absolute Gasteiger partial charge is 0.279 e. The molecule has 1 unspecified atom stereocenters. The van der Waals surface area contributed by atoms with Gasteiger partial charge in [-0.2, -0.15) is 17.4 Å². The van der Waals surface area contributed by atoms with Crippen molar-refractivity contribution in [3.05, 3.63) is 18.0 Å². The minimum absolute atomic E-state index is 0.131. The van der Waals surface area contributed by atoms with E-state index in [9.17, 15) is 8.42 Å². The molecule has 27 heavy (non-hydrogen) atoms. The molecule has 3 fully saturated rings. The number of hydrogen-bond acceptors (Lipinski definition) is 7. The minimum atomic E-state index is -3.48. The highest BCUT2D eigenvalue weighted by molar-refractivity contribution is 7.87. The molecule has 0 amide bonds. The second-order valence-corrected chi connectivity index (χ2v) is 8.94. The van der Waals surface area contributed by atoms with E-state index >= 15 is 0 Å². The number of ether oxygens (including phenoxy) is 2. The summed E-state index contributed by atoms with van der Waals surface area (Å²) in [7, 11) is -3.48. The van der Waals surface area contributed by atoms with Crippen LogP contribution in [0.25, 0.3) is 0 Å². The molecule has 0 bridgehead atoms.